The maximum absolute atomic E-state index is 13.3. The van der Waals surface area contributed by atoms with E-state index in [1.54, 1.807) is 11.1 Å². The number of rotatable bonds is 6. The van der Waals surface area contributed by atoms with Gasteiger partial charge in [0.05, 0.1) is 0 Å². The van der Waals surface area contributed by atoms with E-state index in [1.807, 2.05) is 101 Å². The predicted molar refractivity (Wildman–Crippen MR) is 154 cm³/mol. The standard InChI is InChI=1S/C31H32N2O2.C2H6/c1-22-13-15-24(16-14-22)30(34)33(5)27-19-25(18-26(20-27)31(2,3)4)28-12-9-17-32-29(28)35-21-23-10-7-6-8-11-23;1-2/h6-20H,21H2,1-5H3;1-2H3. The van der Waals surface area contributed by atoms with Gasteiger partial charge in [-0.25, -0.2) is 4.98 Å². The lowest BCUT2D eigenvalue weighted by Crippen LogP contribution is -2.26. The van der Waals surface area contributed by atoms with Crippen molar-refractivity contribution in [1.29, 1.82) is 0 Å². The van der Waals surface area contributed by atoms with Crippen molar-refractivity contribution < 1.29 is 9.53 Å². The van der Waals surface area contributed by atoms with Crippen molar-refractivity contribution >= 4 is 11.6 Å². The molecule has 0 saturated carbocycles. The molecule has 0 bridgehead atoms. The summed E-state index contributed by atoms with van der Waals surface area (Å²) in [5, 5.41) is 0. The van der Waals surface area contributed by atoms with E-state index in [0.717, 1.165) is 33.5 Å². The molecule has 0 fully saturated rings. The smallest absolute Gasteiger partial charge is 0.258 e. The van der Waals surface area contributed by atoms with Gasteiger partial charge < -0.3 is 9.64 Å². The molecule has 0 radical (unpaired) electrons. The number of nitrogens with zero attached hydrogens (tertiary/aromatic N) is 2. The maximum Gasteiger partial charge on any atom is 0.258 e. The zero-order chi connectivity index (χ0) is 27.0. The topological polar surface area (TPSA) is 42.4 Å². The molecule has 4 rings (SSSR count). The van der Waals surface area contributed by atoms with E-state index in [9.17, 15) is 4.79 Å². The molecular weight excluding hydrogens is 456 g/mol. The van der Waals surface area contributed by atoms with Crippen LogP contribution < -0.4 is 9.64 Å². The number of carbonyl (C=O) groups is 1. The van der Waals surface area contributed by atoms with Gasteiger partial charge in [0.2, 0.25) is 5.88 Å². The molecule has 1 heterocycles. The normalized spacial score (nSPS) is 10.8. The lowest BCUT2D eigenvalue weighted by molar-refractivity contribution is 0.0993. The van der Waals surface area contributed by atoms with Crippen molar-refractivity contribution in [3.63, 3.8) is 0 Å². The van der Waals surface area contributed by atoms with E-state index in [1.165, 1.54) is 0 Å². The predicted octanol–water partition coefficient (Wildman–Crippen LogP) is 8.24. The van der Waals surface area contributed by atoms with Gasteiger partial charge in [0.1, 0.15) is 6.61 Å². The largest absolute Gasteiger partial charge is 0.472 e. The summed E-state index contributed by atoms with van der Waals surface area (Å²) in [4.78, 5) is 19.5. The van der Waals surface area contributed by atoms with Crippen molar-refractivity contribution in [2.45, 2.75) is 53.6 Å². The number of pyridine rings is 1. The molecule has 37 heavy (non-hydrogen) atoms. The molecular formula is C33H38N2O2. The summed E-state index contributed by atoms with van der Waals surface area (Å²) in [7, 11) is 1.82. The Kier molecular flexibility index (Phi) is 9.24. The summed E-state index contributed by atoms with van der Waals surface area (Å²) in [5.74, 6) is 0.523. The van der Waals surface area contributed by atoms with Crippen LogP contribution in [-0.2, 0) is 12.0 Å². The lowest BCUT2D eigenvalue weighted by atomic mass is 9.85. The van der Waals surface area contributed by atoms with Crippen LogP contribution in [0.3, 0.4) is 0 Å². The number of aryl methyl sites for hydroxylation is 1. The highest BCUT2D eigenvalue weighted by Gasteiger charge is 2.21. The molecule has 0 aliphatic heterocycles. The summed E-state index contributed by atoms with van der Waals surface area (Å²) in [6.07, 6.45) is 1.74. The fourth-order valence-corrected chi connectivity index (χ4v) is 3.85. The lowest BCUT2D eigenvalue weighted by Gasteiger charge is -2.25. The highest BCUT2D eigenvalue weighted by Crippen LogP contribution is 2.36. The Labute approximate surface area is 222 Å². The van der Waals surface area contributed by atoms with Crippen LogP contribution in [0.2, 0.25) is 0 Å². The molecule has 4 aromatic rings. The van der Waals surface area contributed by atoms with Crippen molar-refractivity contribution in [2.24, 2.45) is 0 Å². The quantitative estimate of drug-likeness (QED) is 0.271. The molecule has 3 aromatic carbocycles. The minimum atomic E-state index is -0.105. The Hall–Kier alpha value is -3.92. The van der Waals surface area contributed by atoms with Gasteiger partial charge in [0.25, 0.3) is 5.91 Å². The monoisotopic (exact) mass is 494 g/mol. The summed E-state index contributed by atoms with van der Waals surface area (Å²) < 4.78 is 6.14. The minimum Gasteiger partial charge on any atom is -0.472 e. The number of benzene rings is 3. The molecule has 0 aliphatic carbocycles. The Morgan fingerprint density at radius 3 is 2.22 bits per heavy atom. The van der Waals surface area contributed by atoms with Crippen LogP contribution in [0.5, 0.6) is 5.88 Å². The molecule has 1 amide bonds. The second kappa shape index (κ2) is 12.4. The number of carbonyl (C=O) groups excluding carboxylic acids is 1. The fourth-order valence-electron chi connectivity index (χ4n) is 3.85. The molecule has 0 N–H and O–H groups in total. The molecule has 0 unspecified atom stereocenters. The molecule has 1 aromatic heterocycles. The highest BCUT2D eigenvalue weighted by atomic mass is 16.5. The highest BCUT2D eigenvalue weighted by molar-refractivity contribution is 6.06. The molecule has 4 heteroatoms. The zero-order valence-electron chi connectivity index (χ0n) is 23.1. The summed E-state index contributed by atoms with van der Waals surface area (Å²) in [5.41, 5.74) is 6.58. The first-order valence-electron chi connectivity index (χ1n) is 12.8. The molecule has 192 valence electrons. The van der Waals surface area contributed by atoms with Gasteiger partial charge >= 0.3 is 0 Å². The zero-order valence-corrected chi connectivity index (χ0v) is 23.1. The molecule has 0 atom stereocenters. The first-order chi connectivity index (χ1) is 17.7. The van der Waals surface area contributed by atoms with E-state index >= 15 is 0 Å². The SMILES string of the molecule is CC.Cc1ccc(C(=O)N(C)c2cc(-c3cccnc3OCc3ccccc3)cc(C(C)(C)C)c2)cc1. The number of hydrogen-bond acceptors (Lipinski definition) is 3. The Bertz CT molecular complexity index is 1310. The van der Waals surface area contributed by atoms with E-state index in [0.29, 0.717) is 18.1 Å². The summed E-state index contributed by atoms with van der Waals surface area (Å²) in [6, 6.07) is 28.0. The van der Waals surface area contributed by atoms with Crippen LogP contribution in [0.4, 0.5) is 5.69 Å². The average molecular weight is 495 g/mol. The number of anilines is 1. The van der Waals surface area contributed by atoms with Crippen molar-refractivity contribution in [3.05, 3.63) is 113 Å². The number of aromatic nitrogens is 1. The maximum atomic E-state index is 13.3. The van der Waals surface area contributed by atoms with E-state index < -0.39 is 0 Å². The molecule has 0 aliphatic rings. The van der Waals surface area contributed by atoms with Crippen molar-refractivity contribution in [1.82, 2.24) is 4.98 Å². The summed E-state index contributed by atoms with van der Waals surface area (Å²) in [6.45, 7) is 13.0. The van der Waals surface area contributed by atoms with Gasteiger partial charge in [-0.05, 0) is 65.4 Å². The number of amides is 1. The van der Waals surface area contributed by atoms with Crippen molar-refractivity contribution in [3.8, 4) is 17.0 Å². The molecule has 0 saturated heterocycles. The Morgan fingerprint density at radius 1 is 0.892 bits per heavy atom. The van der Waals surface area contributed by atoms with E-state index in [-0.39, 0.29) is 11.3 Å². The third kappa shape index (κ3) is 7.07. The Morgan fingerprint density at radius 2 is 1.57 bits per heavy atom. The number of ether oxygens (including phenoxy) is 1. The van der Waals surface area contributed by atoms with Gasteiger partial charge in [-0.3, -0.25) is 4.79 Å². The van der Waals surface area contributed by atoms with Crippen LogP contribution in [0.25, 0.3) is 11.1 Å². The van der Waals surface area contributed by atoms with Crippen LogP contribution in [0.1, 0.15) is 61.7 Å². The van der Waals surface area contributed by atoms with Crippen LogP contribution in [0, 0.1) is 6.92 Å². The first kappa shape index (κ1) is 27.7. The van der Waals surface area contributed by atoms with Crippen LogP contribution in [-0.4, -0.2) is 17.9 Å². The first-order valence-corrected chi connectivity index (χ1v) is 12.8. The third-order valence-corrected chi connectivity index (χ3v) is 6.07. The van der Waals surface area contributed by atoms with Gasteiger partial charge in [-0.1, -0.05) is 88.7 Å². The van der Waals surface area contributed by atoms with Crippen LogP contribution in [0.15, 0.2) is 91.1 Å². The fraction of sp³-hybridized carbons (Fsp3) is 0.273. The van der Waals surface area contributed by atoms with Crippen molar-refractivity contribution in [2.75, 3.05) is 11.9 Å². The van der Waals surface area contributed by atoms with Gasteiger partial charge in [0, 0.05) is 30.1 Å². The Balaban J connectivity index is 0.00000186. The van der Waals surface area contributed by atoms with E-state index in [2.05, 4.69) is 37.9 Å². The van der Waals surface area contributed by atoms with Gasteiger partial charge in [-0.2, -0.15) is 0 Å². The van der Waals surface area contributed by atoms with Crippen LogP contribution >= 0.6 is 0 Å². The van der Waals surface area contributed by atoms with Gasteiger partial charge in [-0.15, -0.1) is 0 Å². The average Bonchev–Trinajstić information content (AvgIpc) is 2.92. The second-order valence-electron chi connectivity index (χ2n) is 9.88. The van der Waals surface area contributed by atoms with E-state index in [4.69, 9.17) is 4.74 Å². The number of hydrogen-bond donors (Lipinski definition) is 0. The van der Waals surface area contributed by atoms with Gasteiger partial charge in [0.15, 0.2) is 0 Å². The third-order valence-electron chi connectivity index (χ3n) is 6.07. The summed E-state index contributed by atoms with van der Waals surface area (Å²) >= 11 is 0. The second-order valence-corrected chi connectivity index (χ2v) is 9.88. The molecule has 0 spiro atoms. The minimum absolute atomic E-state index is 0.0475. The molecule has 4 nitrogen and oxygen atoms in total.